The fourth-order valence-electron chi connectivity index (χ4n) is 5.24. The van der Waals surface area contributed by atoms with Crippen molar-refractivity contribution in [3.8, 4) is 22.9 Å². The SMILES string of the molecule is C=CS(=O)(=O)N1CCC(C(=O)N2CCC(n3cc(-c4cc(OC)c5c(C#N)cnn5c4)cn3)CC2)CC1. The summed E-state index contributed by atoms with van der Waals surface area (Å²) in [7, 11) is -1.86. The molecule has 0 radical (unpaired) electrons. The average molecular weight is 524 g/mol. The molecule has 0 saturated carbocycles. The second-order valence-electron chi connectivity index (χ2n) is 9.41. The first-order chi connectivity index (χ1) is 17.8. The number of aromatic nitrogens is 4. The zero-order valence-electron chi connectivity index (χ0n) is 20.7. The van der Waals surface area contributed by atoms with Crippen molar-refractivity contribution in [2.75, 3.05) is 33.3 Å². The van der Waals surface area contributed by atoms with E-state index in [1.807, 2.05) is 28.0 Å². The number of nitriles is 1. The van der Waals surface area contributed by atoms with Crippen molar-refractivity contribution in [3.05, 3.63) is 48.4 Å². The highest BCUT2D eigenvalue weighted by molar-refractivity contribution is 7.92. The number of ether oxygens (including phenoxy) is 1. The first kappa shape index (κ1) is 25.0. The van der Waals surface area contributed by atoms with Gasteiger partial charge < -0.3 is 9.64 Å². The number of piperidine rings is 2. The fraction of sp³-hybridized carbons (Fsp3) is 0.440. The molecular weight excluding hydrogens is 494 g/mol. The first-order valence-corrected chi connectivity index (χ1v) is 13.8. The molecular formula is C25H29N7O4S. The molecule has 3 aromatic rings. The maximum atomic E-state index is 13.1. The molecule has 2 aliphatic heterocycles. The fourth-order valence-corrected chi connectivity index (χ4v) is 6.17. The Labute approximate surface area is 215 Å². The second-order valence-corrected chi connectivity index (χ2v) is 11.3. The smallest absolute Gasteiger partial charge is 0.235 e. The van der Waals surface area contributed by atoms with Gasteiger partial charge in [0.2, 0.25) is 15.9 Å². The summed E-state index contributed by atoms with van der Waals surface area (Å²) in [6.07, 6.45) is 9.83. The molecule has 2 aliphatic rings. The lowest BCUT2D eigenvalue weighted by Gasteiger charge is -2.36. The predicted molar refractivity (Wildman–Crippen MR) is 136 cm³/mol. The molecule has 0 bridgehead atoms. The molecule has 5 rings (SSSR count). The van der Waals surface area contributed by atoms with Gasteiger partial charge in [-0.15, -0.1) is 0 Å². The van der Waals surface area contributed by atoms with Crippen LogP contribution in [0.2, 0.25) is 0 Å². The molecule has 0 unspecified atom stereocenters. The summed E-state index contributed by atoms with van der Waals surface area (Å²) in [6.45, 7) is 5.37. The number of likely N-dealkylation sites (tertiary alicyclic amines) is 1. The topological polar surface area (TPSA) is 126 Å². The monoisotopic (exact) mass is 523 g/mol. The molecule has 11 nitrogen and oxygen atoms in total. The highest BCUT2D eigenvalue weighted by Crippen LogP contribution is 2.31. The Balaban J connectivity index is 1.22. The molecule has 0 aliphatic carbocycles. The number of hydrogen-bond acceptors (Lipinski definition) is 7. The van der Waals surface area contributed by atoms with E-state index in [1.54, 1.807) is 17.8 Å². The largest absolute Gasteiger partial charge is 0.494 e. The van der Waals surface area contributed by atoms with Crippen LogP contribution >= 0.6 is 0 Å². The van der Waals surface area contributed by atoms with Crippen LogP contribution in [0, 0.1) is 17.2 Å². The second kappa shape index (κ2) is 9.99. The van der Waals surface area contributed by atoms with Crippen molar-refractivity contribution < 1.29 is 17.9 Å². The third-order valence-corrected chi connectivity index (χ3v) is 8.88. The van der Waals surface area contributed by atoms with Gasteiger partial charge in [-0.05, 0) is 31.7 Å². The van der Waals surface area contributed by atoms with Gasteiger partial charge in [0.05, 0.1) is 25.5 Å². The van der Waals surface area contributed by atoms with Crippen molar-refractivity contribution in [2.24, 2.45) is 5.92 Å². The predicted octanol–water partition coefficient (Wildman–Crippen LogP) is 2.43. The molecule has 0 N–H and O–H groups in total. The number of rotatable bonds is 6. The van der Waals surface area contributed by atoms with Gasteiger partial charge in [0.1, 0.15) is 22.9 Å². The Morgan fingerprint density at radius 2 is 1.84 bits per heavy atom. The number of methoxy groups -OCH3 is 1. The van der Waals surface area contributed by atoms with Crippen LogP contribution in [-0.2, 0) is 14.8 Å². The standard InChI is InChI=1S/C25H29N7O4S/c1-3-37(34,35)30-10-4-18(5-11-30)25(33)29-8-6-22(7-9-29)31-17-21(15-27-31)19-12-23(36-2)24-20(13-26)14-28-32(24)16-19/h3,12,14-18,22H,1,4-11H2,2H3. The van der Waals surface area contributed by atoms with E-state index < -0.39 is 10.0 Å². The minimum Gasteiger partial charge on any atom is -0.494 e. The summed E-state index contributed by atoms with van der Waals surface area (Å²) < 4.78 is 34.5. The van der Waals surface area contributed by atoms with E-state index in [1.165, 1.54) is 10.5 Å². The third kappa shape index (κ3) is 4.72. The minimum absolute atomic E-state index is 0.117. The van der Waals surface area contributed by atoms with Gasteiger partial charge in [-0.3, -0.25) is 9.48 Å². The molecule has 0 spiro atoms. The Bertz CT molecular complexity index is 1470. The number of amides is 1. The van der Waals surface area contributed by atoms with Crippen LogP contribution in [0.3, 0.4) is 0 Å². The lowest BCUT2D eigenvalue weighted by atomic mass is 9.95. The van der Waals surface area contributed by atoms with E-state index in [0.29, 0.717) is 55.9 Å². The maximum absolute atomic E-state index is 13.1. The van der Waals surface area contributed by atoms with Crippen LogP contribution in [0.1, 0.15) is 37.3 Å². The van der Waals surface area contributed by atoms with E-state index in [9.17, 15) is 18.5 Å². The molecule has 2 saturated heterocycles. The normalized spacial score (nSPS) is 18.1. The molecule has 0 aromatic carbocycles. The number of hydrogen-bond donors (Lipinski definition) is 0. The van der Waals surface area contributed by atoms with Gasteiger partial charge in [-0.25, -0.2) is 12.9 Å². The summed E-state index contributed by atoms with van der Waals surface area (Å²) in [4.78, 5) is 15.0. The summed E-state index contributed by atoms with van der Waals surface area (Å²) >= 11 is 0. The van der Waals surface area contributed by atoms with Crippen LogP contribution in [0.25, 0.3) is 16.6 Å². The van der Waals surface area contributed by atoms with Gasteiger partial charge in [-0.2, -0.15) is 19.8 Å². The third-order valence-electron chi connectivity index (χ3n) is 7.38. The first-order valence-electron chi connectivity index (χ1n) is 12.3. The Morgan fingerprint density at radius 3 is 2.49 bits per heavy atom. The highest BCUT2D eigenvalue weighted by atomic mass is 32.2. The molecule has 5 heterocycles. The van der Waals surface area contributed by atoms with E-state index >= 15 is 0 Å². The Hall–Kier alpha value is -3.69. The average Bonchev–Trinajstić information content (AvgIpc) is 3.60. The molecule has 3 aromatic heterocycles. The van der Waals surface area contributed by atoms with Crippen molar-refractivity contribution in [1.82, 2.24) is 28.6 Å². The molecule has 0 atom stereocenters. The van der Waals surface area contributed by atoms with E-state index in [2.05, 4.69) is 22.8 Å². The number of nitrogens with zero attached hydrogens (tertiary/aromatic N) is 7. The van der Waals surface area contributed by atoms with Crippen LogP contribution in [0.15, 0.2) is 42.8 Å². The number of carbonyl (C=O) groups excluding carboxylic acids is 1. The maximum Gasteiger partial charge on any atom is 0.235 e. The number of sulfonamides is 1. The minimum atomic E-state index is -3.43. The van der Waals surface area contributed by atoms with Gasteiger partial charge in [0, 0.05) is 61.0 Å². The van der Waals surface area contributed by atoms with Gasteiger partial charge in [-0.1, -0.05) is 6.58 Å². The summed E-state index contributed by atoms with van der Waals surface area (Å²) in [6, 6.07) is 4.20. The Morgan fingerprint density at radius 1 is 1.11 bits per heavy atom. The highest BCUT2D eigenvalue weighted by Gasteiger charge is 2.33. The van der Waals surface area contributed by atoms with Gasteiger partial charge in [0.15, 0.2) is 0 Å². The zero-order chi connectivity index (χ0) is 26.2. The molecule has 1 amide bonds. The van der Waals surface area contributed by atoms with Crippen LogP contribution in [-0.4, -0.2) is 76.2 Å². The van der Waals surface area contributed by atoms with E-state index in [-0.39, 0.29) is 17.9 Å². The van der Waals surface area contributed by atoms with Crippen molar-refractivity contribution in [3.63, 3.8) is 0 Å². The van der Waals surface area contributed by atoms with Gasteiger partial charge in [0.25, 0.3) is 0 Å². The molecule has 194 valence electrons. The summed E-state index contributed by atoms with van der Waals surface area (Å²) in [5.41, 5.74) is 2.87. The summed E-state index contributed by atoms with van der Waals surface area (Å²) in [5, 5.41) is 19.2. The van der Waals surface area contributed by atoms with Crippen molar-refractivity contribution in [2.45, 2.75) is 31.7 Å². The van der Waals surface area contributed by atoms with Crippen molar-refractivity contribution >= 4 is 21.4 Å². The van der Waals surface area contributed by atoms with Crippen LogP contribution < -0.4 is 4.74 Å². The molecule has 37 heavy (non-hydrogen) atoms. The zero-order valence-corrected chi connectivity index (χ0v) is 21.5. The van der Waals surface area contributed by atoms with Crippen LogP contribution in [0.5, 0.6) is 5.75 Å². The quantitative estimate of drug-likeness (QED) is 0.486. The van der Waals surface area contributed by atoms with Crippen molar-refractivity contribution in [1.29, 1.82) is 5.26 Å². The Kier molecular flexibility index (Phi) is 6.74. The van der Waals surface area contributed by atoms with E-state index in [4.69, 9.17) is 4.74 Å². The van der Waals surface area contributed by atoms with Gasteiger partial charge >= 0.3 is 0 Å². The molecule has 12 heteroatoms. The number of pyridine rings is 1. The molecule has 2 fully saturated rings. The van der Waals surface area contributed by atoms with Crippen LogP contribution in [0.4, 0.5) is 0 Å². The van der Waals surface area contributed by atoms with E-state index in [0.717, 1.165) is 29.4 Å². The lowest BCUT2D eigenvalue weighted by molar-refractivity contribution is -0.138. The summed E-state index contributed by atoms with van der Waals surface area (Å²) in [5.74, 6) is 0.545. The lowest BCUT2D eigenvalue weighted by Crippen LogP contribution is -2.46. The number of carbonyl (C=O) groups is 1. The number of fused-ring (bicyclic) bond motifs is 1.